The van der Waals surface area contributed by atoms with E-state index in [2.05, 4.69) is 4.98 Å². The van der Waals surface area contributed by atoms with Crippen molar-refractivity contribution in [3.63, 3.8) is 0 Å². The maximum Gasteiger partial charge on any atom is 0.216 e. The Hall–Kier alpha value is -2.88. The highest BCUT2D eigenvalue weighted by molar-refractivity contribution is 5.64. The minimum Gasteiger partial charge on any atom is -0.494 e. The molecule has 0 aliphatic carbocycles. The summed E-state index contributed by atoms with van der Waals surface area (Å²) in [7, 11) is 3.02. The Bertz CT molecular complexity index is 834. The highest BCUT2D eigenvalue weighted by Crippen LogP contribution is 2.28. The largest absolute Gasteiger partial charge is 0.494 e. The lowest BCUT2D eigenvalue weighted by molar-refractivity contribution is 0.383. The van der Waals surface area contributed by atoms with Gasteiger partial charge in [0, 0.05) is 23.7 Å². The van der Waals surface area contributed by atoms with Gasteiger partial charge < -0.3 is 9.47 Å². The second kappa shape index (κ2) is 7.13. The zero-order valence-electron chi connectivity index (χ0n) is 13.6. The number of pyridine rings is 1. The number of methoxy groups -OCH3 is 2. The van der Waals surface area contributed by atoms with Crippen molar-refractivity contribution in [1.82, 2.24) is 4.98 Å². The Morgan fingerprint density at radius 1 is 0.875 bits per heavy atom. The van der Waals surface area contributed by atoms with Crippen LogP contribution in [0.2, 0.25) is 0 Å². The molecule has 0 unspecified atom stereocenters. The average Bonchev–Trinajstić information content (AvgIpc) is 2.64. The number of halogens is 1. The van der Waals surface area contributed by atoms with Crippen LogP contribution in [0.4, 0.5) is 4.39 Å². The van der Waals surface area contributed by atoms with E-state index in [-0.39, 0.29) is 11.6 Å². The number of nitrogens with zero attached hydrogens (tertiary/aromatic N) is 1. The molecule has 0 saturated carbocycles. The van der Waals surface area contributed by atoms with E-state index in [4.69, 9.17) is 9.47 Å². The molecule has 3 rings (SSSR count). The molecule has 24 heavy (non-hydrogen) atoms. The predicted molar refractivity (Wildman–Crippen MR) is 92.0 cm³/mol. The lowest BCUT2D eigenvalue weighted by Crippen LogP contribution is -2.00. The molecule has 0 atom stereocenters. The first kappa shape index (κ1) is 16.0. The van der Waals surface area contributed by atoms with Crippen LogP contribution in [0.3, 0.4) is 0 Å². The molecule has 0 fully saturated rings. The fraction of sp³-hybridized carbons (Fsp3) is 0.150. The van der Waals surface area contributed by atoms with Crippen molar-refractivity contribution in [2.75, 3.05) is 14.2 Å². The Labute approximate surface area is 140 Å². The average molecular weight is 323 g/mol. The van der Waals surface area contributed by atoms with Crippen LogP contribution in [0.15, 0.2) is 60.8 Å². The number of aromatic nitrogens is 1. The van der Waals surface area contributed by atoms with Crippen LogP contribution < -0.4 is 9.47 Å². The van der Waals surface area contributed by atoms with E-state index in [0.29, 0.717) is 17.9 Å². The van der Waals surface area contributed by atoms with Gasteiger partial charge in [-0.05, 0) is 23.3 Å². The van der Waals surface area contributed by atoms with E-state index in [1.54, 1.807) is 31.5 Å². The summed E-state index contributed by atoms with van der Waals surface area (Å²) in [6.07, 6.45) is 2.14. The third-order valence-electron chi connectivity index (χ3n) is 3.87. The molecule has 3 aromatic rings. The molecule has 122 valence electrons. The smallest absolute Gasteiger partial charge is 0.216 e. The van der Waals surface area contributed by atoms with Gasteiger partial charge in [0.1, 0.15) is 0 Å². The number of benzene rings is 2. The Balaban J connectivity index is 2.01. The third kappa shape index (κ3) is 3.23. The first-order valence-corrected chi connectivity index (χ1v) is 7.62. The standard InChI is InChI=1S/C20H18FNO2/c1-23-18-10-6-9-15(19(18)21)11-16-12-17(13-22-20(16)24-2)14-7-4-3-5-8-14/h3-10,12-13H,11H2,1-2H3. The summed E-state index contributed by atoms with van der Waals surface area (Å²) < 4.78 is 24.8. The summed E-state index contributed by atoms with van der Waals surface area (Å²) in [6, 6.07) is 17.0. The number of hydrogen-bond acceptors (Lipinski definition) is 3. The molecule has 0 N–H and O–H groups in total. The van der Waals surface area contributed by atoms with Crippen molar-refractivity contribution in [3.8, 4) is 22.8 Å². The van der Waals surface area contributed by atoms with Gasteiger partial charge in [-0.1, -0.05) is 42.5 Å². The zero-order chi connectivity index (χ0) is 16.9. The molecule has 2 aromatic carbocycles. The molecule has 3 nitrogen and oxygen atoms in total. The van der Waals surface area contributed by atoms with Crippen molar-refractivity contribution in [1.29, 1.82) is 0 Å². The number of rotatable bonds is 5. The molecule has 0 saturated heterocycles. The quantitative estimate of drug-likeness (QED) is 0.693. The Morgan fingerprint density at radius 3 is 2.38 bits per heavy atom. The highest BCUT2D eigenvalue weighted by atomic mass is 19.1. The molecule has 0 radical (unpaired) electrons. The SMILES string of the molecule is COc1cccc(Cc2cc(-c3ccccc3)cnc2OC)c1F. The molecule has 1 aromatic heterocycles. The summed E-state index contributed by atoms with van der Waals surface area (Å²) in [5, 5.41) is 0. The minimum absolute atomic E-state index is 0.235. The van der Waals surface area contributed by atoms with Gasteiger partial charge in [-0.3, -0.25) is 0 Å². The summed E-state index contributed by atoms with van der Waals surface area (Å²) in [4.78, 5) is 4.37. The molecule has 0 amide bonds. The summed E-state index contributed by atoms with van der Waals surface area (Å²) >= 11 is 0. The van der Waals surface area contributed by atoms with Gasteiger partial charge in [0.05, 0.1) is 14.2 Å². The number of hydrogen-bond donors (Lipinski definition) is 0. The van der Waals surface area contributed by atoms with Crippen molar-refractivity contribution < 1.29 is 13.9 Å². The van der Waals surface area contributed by atoms with Crippen LogP contribution in [0, 0.1) is 5.82 Å². The Morgan fingerprint density at radius 2 is 1.67 bits per heavy atom. The topological polar surface area (TPSA) is 31.4 Å². The van der Waals surface area contributed by atoms with Gasteiger partial charge in [0.2, 0.25) is 5.88 Å². The van der Waals surface area contributed by atoms with Crippen molar-refractivity contribution in [2.45, 2.75) is 6.42 Å². The molecule has 1 heterocycles. The van der Waals surface area contributed by atoms with Gasteiger partial charge in [-0.15, -0.1) is 0 Å². The zero-order valence-corrected chi connectivity index (χ0v) is 13.6. The van der Waals surface area contributed by atoms with Crippen LogP contribution in [0.25, 0.3) is 11.1 Å². The molecular weight excluding hydrogens is 305 g/mol. The second-order valence-corrected chi connectivity index (χ2v) is 5.37. The van der Waals surface area contributed by atoms with Crippen LogP contribution in [-0.4, -0.2) is 19.2 Å². The third-order valence-corrected chi connectivity index (χ3v) is 3.87. The fourth-order valence-corrected chi connectivity index (χ4v) is 2.65. The lowest BCUT2D eigenvalue weighted by atomic mass is 10.0. The van der Waals surface area contributed by atoms with Gasteiger partial charge in [0.15, 0.2) is 11.6 Å². The van der Waals surface area contributed by atoms with E-state index >= 15 is 0 Å². The van der Waals surface area contributed by atoms with Gasteiger partial charge in [-0.2, -0.15) is 0 Å². The van der Waals surface area contributed by atoms with Gasteiger partial charge >= 0.3 is 0 Å². The first-order chi connectivity index (χ1) is 11.7. The van der Waals surface area contributed by atoms with Crippen LogP contribution in [0.1, 0.15) is 11.1 Å². The molecule has 0 spiro atoms. The lowest BCUT2D eigenvalue weighted by Gasteiger charge is -2.12. The van der Waals surface area contributed by atoms with Crippen molar-refractivity contribution in [2.24, 2.45) is 0 Å². The van der Waals surface area contributed by atoms with Crippen molar-refractivity contribution >= 4 is 0 Å². The van der Waals surface area contributed by atoms with E-state index in [0.717, 1.165) is 16.7 Å². The number of ether oxygens (including phenoxy) is 2. The van der Waals surface area contributed by atoms with E-state index < -0.39 is 0 Å². The van der Waals surface area contributed by atoms with E-state index in [1.165, 1.54) is 7.11 Å². The summed E-state index contributed by atoms with van der Waals surface area (Å²) in [6.45, 7) is 0. The summed E-state index contributed by atoms with van der Waals surface area (Å²) in [5.74, 6) is 0.378. The van der Waals surface area contributed by atoms with Gasteiger partial charge in [-0.25, -0.2) is 9.37 Å². The maximum atomic E-state index is 14.4. The van der Waals surface area contributed by atoms with E-state index in [9.17, 15) is 4.39 Å². The molecule has 4 heteroatoms. The van der Waals surface area contributed by atoms with Gasteiger partial charge in [0.25, 0.3) is 0 Å². The first-order valence-electron chi connectivity index (χ1n) is 7.62. The molecular formula is C20H18FNO2. The fourth-order valence-electron chi connectivity index (χ4n) is 2.65. The van der Waals surface area contributed by atoms with Crippen LogP contribution in [-0.2, 0) is 6.42 Å². The highest BCUT2D eigenvalue weighted by Gasteiger charge is 2.13. The molecule has 0 aliphatic heterocycles. The normalized spacial score (nSPS) is 10.5. The molecule has 0 bridgehead atoms. The maximum absolute atomic E-state index is 14.4. The predicted octanol–water partition coefficient (Wildman–Crippen LogP) is 4.50. The van der Waals surface area contributed by atoms with Crippen LogP contribution in [0.5, 0.6) is 11.6 Å². The second-order valence-electron chi connectivity index (χ2n) is 5.37. The van der Waals surface area contributed by atoms with Crippen molar-refractivity contribution in [3.05, 3.63) is 77.7 Å². The monoisotopic (exact) mass is 323 g/mol. The van der Waals surface area contributed by atoms with Crippen LogP contribution >= 0.6 is 0 Å². The Kier molecular flexibility index (Phi) is 4.75. The summed E-state index contributed by atoms with van der Waals surface area (Å²) in [5.41, 5.74) is 3.39. The molecule has 0 aliphatic rings. The minimum atomic E-state index is -0.354. The van der Waals surface area contributed by atoms with E-state index in [1.807, 2.05) is 36.4 Å².